The molecule has 0 saturated carbocycles. The molecule has 1 aliphatic rings. The highest BCUT2D eigenvalue weighted by atomic mass is 32.1. The number of thiol groups is 1. The van der Waals surface area contributed by atoms with E-state index < -0.39 is 29.3 Å². The van der Waals surface area contributed by atoms with Crippen LogP contribution >= 0.6 is 12.6 Å². The second kappa shape index (κ2) is 12.0. The van der Waals surface area contributed by atoms with Crippen molar-refractivity contribution in [1.29, 1.82) is 0 Å². The van der Waals surface area contributed by atoms with Gasteiger partial charge in [0.05, 0.1) is 19.8 Å². The van der Waals surface area contributed by atoms with Crippen molar-refractivity contribution in [2.45, 2.75) is 42.5 Å². The average molecular weight is 528 g/mol. The second-order valence-electron chi connectivity index (χ2n) is 9.31. The van der Waals surface area contributed by atoms with Crippen LogP contribution < -0.4 is 0 Å². The molecule has 38 heavy (non-hydrogen) atoms. The number of hydrogen-bond acceptors (Lipinski definition) is 6. The van der Waals surface area contributed by atoms with Gasteiger partial charge in [-0.25, -0.2) is 0 Å². The lowest BCUT2D eigenvalue weighted by molar-refractivity contribution is -0.218. The maximum atomic E-state index is 11.5. The van der Waals surface area contributed by atoms with Gasteiger partial charge in [0.15, 0.2) is 0 Å². The molecule has 0 aromatic heterocycles. The van der Waals surface area contributed by atoms with E-state index in [1.807, 2.05) is 78.9 Å². The van der Waals surface area contributed by atoms with E-state index in [1.165, 1.54) is 0 Å². The van der Waals surface area contributed by atoms with Crippen LogP contribution in [0.3, 0.4) is 0 Å². The SMILES string of the molecule is [N-]=[N+]=NC1(c2ccccc2)[C@@H](S)O[C@H](COCc2ccc3ccccc3c2)[C@@H](O)[C@@H]1OCc1ccccc1. The zero-order chi connectivity index (χ0) is 26.4. The van der Waals surface area contributed by atoms with Gasteiger partial charge in [-0.2, -0.15) is 0 Å². The Labute approximate surface area is 227 Å². The Hall–Kier alpha value is -3.36. The lowest BCUT2D eigenvalue weighted by Crippen LogP contribution is -2.63. The highest BCUT2D eigenvalue weighted by molar-refractivity contribution is 7.80. The molecule has 1 aliphatic heterocycles. The summed E-state index contributed by atoms with van der Waals surface area (Å²) < 4.78 is 18.5. The molecule has 0 amide bonds. The molecule has 0 radical (unpaired) electrons. The molecule has 8 heteroatoms. The Morgan fingerprint density at radius 1 is 0.868 bits per heavy atom. The van der Waals surface area contributed by atoms with Gasteiger partial charge < -0.3 is 19.3 Å². The van der Waals surface area contributed by atoms with E-state index in [4.69, 9.17) is 26.8 Å². The van der Waals surface area contributed by atoms with Gasteiger partial charge in [-0.15, -0.1) is 12.6 Å². The van der Waals surface area contributed by atoms with E-state index in [1.54, 1.807) is 0 Å². The molecule has 4 aromatic rings. The lowest BCUT2D eigenvalue weighted by atomic mass is 9.79. The molecule has 1 N–H and O–H groups in total. The number of benzene rings is 4. The molecule has 1 heterocycles. The summed E-state index contributed by atoms with van der Waals surface area (Å²) in [6, 6.07) is 33.1. The number of azide groups is 1. The molecule has 5 atom stereocenters. The topological polar surface area (TPSA) is 96.7 Å². The molecule has 0 bridgehead atoms. The standard InChI is InChI=1S/C30H29N3O4S/c31-33-32-30(25-13-5-2-6-14-25)28(36-19-21-9-3-1-4-10-21)27(34)26(37-29(30)38)20-35-18-22-15-16-23-11-7-8-12-24(23)17-22/h1-17,26-29,34,38H,18-20H2/t26-,27-,28+,29-,30?/m1/s1. The van der Waals surface area contributed by atoms with Crippen molar-refractivity contribution in [2.75, 3.05) is 6.61 Å². The highest BCUT2D eigenvalue weighted by Gasteiger charge is 2.56. The van der Waals surface area contributed by atoms with Crippen LogP contribution in [0.4, 0.5) is 0 Å². The molecule has 1 fully saturated rings. The Kier molecular flexibility index (Phi) is 8.29. The van der Waals surface area contributed by atoms with Crippen LogP contribution in [-0.4, -0.2) is 35.5 Å². The fraction of sp³-hybridized carbons (Fsp3) is 0.267. The smallest absolute Gasteiger partial charge is 0.138 e. The van der Waals surface area contributed by atoms with Gasteiger partial charge in [-0.05, 0) is 39.1 Å². The van der Waals surface area contributed by atoms with E-state index in [2.05, 4.69) is 34.3 Å². The number of aliphatic hydroxyl groups excluding tert-OH is 1. The second-order valence-corrected chi connectivity index (χ2v) is 9.78. The third-order valence-electron chi connectivity index (χ3n) is 6.89. The van der Waals surface area contributed by atoms with E-state index in [0.29, 0.717) is 12.2 Å². The van der Waals surface area contributed by atoms with Crippen molar-refractivity contribution in [1.82, 2.24) is 0 Å². The summed E-state index contributed by atoms with van der Waals surface area (Å²) in [5.74, 6) is 0. The summed E-state index contributed by atoms with van der Waals surface area (Å²) in [5.41, 5.74) is 9.86. The minimum atomic E-state index is -1.40. The molecule has 194 valence electrons. The van der Waals surface area contributed by atoms with Crippen molar-refractivity contribution in [3.63, 3.8) is 0 Å². The predicted octanol–water partition coefficient (Wildman–Crippen LogP) is 6.16. The monoisotopic (exact) mass is 527 g/mol. The van der Waals surface area contributed by atoms with Crippen LogP contribution in [0.25, 0.3) is 21.2 Å². The molecule has 0 spiro atoms. The van der Waals surface area contributed by atoms with Crippen LogP contribution in [-0.2, 0) is 33.0 Å². The minimum absolute atomic E-state index is 0.109. The van der Waals surface area contributed by atoms with Gasteiger partial charge in [0.1, 0.15) is 29.3 Å². The van der Waals surface area contributed by atoms with E-state index in [-0.39, 0.29) is 13.2 Å². The molecule has 1 unspecified atom stereocenters. The van der Waals surface area contributed by atoms with E-state index in [9.17, 15) is 10.6 Å². The summed E-state index contributed by atoms with van der Waals surface area (Å²) in [6.45, 7) is 0.672. The molecule has 1 saturated heterocycles. The third-order valence-corrected chi connectivity index (χ3v) is 7.40. The van der Waals surface area contributed by atoms with E-state index >= 15 is 0 Å². The zero-order valence-corrected chi connectivity index (χ0v) is 21.6. The van der Waals surface area contributed by atoms with Crippen LogP contribution in [0.5, 0.6) is 0 Å². The molecule has 5 rings (SSSR count). The fourth-order valence-electron chi connectivity index (χ4n) is 4.94. The van der Waals surface area contributed by atoms with Gasteiger partial charge >= 0.3 is 0 Å². The maximum absolute atomic E-state index is 11.5. The zero-order valence-electron chi connectivity index (χ0n) is 20.7. The van der Waals surface area contributed by atoms with Gasteiger partial charge in [0.2, 0.25) is 0 Å². The summed E-state index contributed by atoms with van der Waals surface area (Å²) in [4.78, 5) is 3.12. The normalized spacial score (nSPS) is 25.1. The Morgan fingerprint density at radius 3 is 2.29 bits per heavy atom. The van der Waals surface area contributed by atoms with Gasteiger partial charge in [0, 0.05) is 4.91 Å². The van der Waals surface area contributed by atoms with Crippen molar-refractivity contribution in [2.24, 2.45) is 5.11 Å². The largest absolute Gasteiger partial charge is 0.388 e. The van der Waals surface area contributed by atoms with Crippen LogP contribution in [0.1, 0.15) is 16.7 Å². The Balaban J connectivity index is 1.38. The lowest BCUT2D eigenvalue weighted by Gasteiger charge is -2.49. The van der Waals surface area contributed by atoms with Crippen LogP contribution in [0, 0.1) is 0 Å². The highest BCUT2D eigenvalue weighted by Crippen LogP contribution is 2.45. The molecule has 0 aliphatic carbocycles. The predicted molar refractivity (Wildman–Crippen MR) is 150 cm³/mol. The summed E-state index contributed by atoms with van der Waals surface area (Å²) in [5, 5.41) is 18.0. The summed E-state index contributed by atoms with van der Waals surface area (Å²) >= 11 is 4.73. The van der Waals surface area contributed by atoms with Crippen molar-refractivity contribution < 1.29 is 19.3 Å². The van der Waals surface area contributed by atoms with Gasteiger partial charge in [0.25, 0.3) is 0 Å². The first-order chi connectivity index (χ1) is 18.6. The maximum Gasteiger partial charge on any atom is 0.138 e. The minimum Gasteiger partial charge on any atom is -0.388 e. The van der Waals surface area contributed by atoms with Gasteiger partial charge in [-0.3, -0.25) is 0 Å². The molecular weight excluding hydrogens is 498 g/mol. The molecular formula is C30H29N3O4S. The van der Waals surface area contributed by atoms with E-state index in [0.717, 1.165) is 21.9 Å². The van der Waals surface area contributed by atoms with Crippen molar-refractivity contribution in [3.8, 4) is 0 Å². The first-order valence-corrected chi connectivity index (χ1v) is 13.0. The fourth-order valence-corrected chi connectivity index (χ4v) is 5.44. The number of hydrogen-bond donors (Lipinski definition) is 2. The van der Waals surface area contributed by atoms with Crippen molar-refractivity contribution >= 4 is 23.4 Å². The quantitative estimate of drug-likeness (QED) is 0.118. The van der Waals surface area contributed by atoms with Crippen molar-refractivity contribution in [3.05, 3.63) is 130 Å². The Morgan fingerprint density at radius 2 is 1.55 bits per heavy atom. The number of fused-ring (bicyclic) bond motifs is 1. The number of aliphatic hydroxyl groups is 1. The van der Waals surface area contributed by atoms with Gasteiger partial charge in [-0.1, -0.05) is 102 Å². The molecule has 7 nitrogen and oxygen atoms in total. The average Bonchev–Trinajstić information content (AvgIpc) is 2.96. The molecule has 4 aromatic carbocycles. The third kappa shape index (κ3) is 5.42. The van der Waals surface area contributed by atoms with Crippen LogP contribution in [0.15, 0.2) is 108 Å². The first kappa shape index (κ1) is 26.3. The van der Waals surface area contributed by atoms with Crippen LogP contribution in [0.2, 0.25) is 0 Å². The first-order valence-electron chi connectivity index (χ1n) is 12.5. The number of ether oxygens (including phenoxy) is 3. The summed E-state index contributed by atoms with van der Waals surface area (Å²) in [6.07, 6.45) is -2.83. The summed E-state index contributed by atoms with van der Waals surface area (Å²) in [7, 11) is 0. The number of nitrogens with zero attached hydrogens (tertiary/aromatic N) is 3. The Bertz CT molecular complexity index is 1400. The number of rotatable bonds is 9.